The Labute approximate surface area is 244 Å². The number of carbonyl (C=O) groups excluding carboxylic acids is 3. The molecule has 0 spiro atoms. The lowest BCUT2D eigenvalue weighted by Gasteiger charge is -2.38. The molecule has 3 atom stereocenters. The average molecular weight is 607 g/mol. The quantitative estimate of drug-likeness (QED) is 0.313. The summed E-state index contributed by atoms with van der Waals surface area (Å²) in [5, 5.41) is 5.15. The van der Waals surface area contributed by atoms with Crippen LogP contribution in [0.4, 0.5) is 27.6 Å². The first-order valence-corrected chi connectivity index (χ1v) is 14.1. The molecule has 1 aliphatic heterocycles. The van der Waals surface area contributed by atoms with Gasteiger partial charge < -0.3 is 21.1 Å². The molecule has 0 bridgehead atoms. The van der Waals surface area contributed by atoms with Gasteiger partial charge in [-0.3, -0.25) is 14.4 Å². The van der Waals surface area contributed by atoms with Crippen LogP contribution >= 0.6 is 0 Å². The van der Waals surface area contributed by atoms with E-state index >= 15 is 0 Å². The Morgan fingerprint density at radius 1 is 1.07 bits per heavy atom. The second-order valence-electron chi connectivity index (χ2n) is 11.4. The Morgan fingerprint density at radius 2 is 1.77 bits per heavy atom. The van der Waals surface area contributed by atoms with E-state index in [2.05, 4.69) is 15.6 Å². The van der Waals surface area contributed by atoms with Gasteiger partial charge in [0.1, 0.15) is 5.75 Å². The third kappa shape index (κ3) is 7.49. The first-order chi connectivity index (χ1) is 20.3. The summed E-state index contributed by atoms with van der Waals surface area (Å²) in [6.45, 7) is 0. The van der Waals surface area contributed by atoms with Crippen LogP contribution in [-0.2, 0) is 14.4 Å². The van der Waals surface area contributed by atoms with Gasteiger partial charge in [-0.2, -0.15) is 13.2 Å². The lowest BCUT2D eigenvalue weighted by molar-refractivity contribution is -0.149. The molecule has 2 unspecified atom stereocenters. The van der Waals surface area contributed by atoms with Gasteiger partial charge in [0, 0.05) is 42.2 Å². The highest BCUT2D eigenvalue weighted by Crippen LogP contribution is 2.46. The van der Waals surface area contributed by atoms with Crippen molar-refractivity contribution in [1.82, 2.24) is 5.32 Å². The number of primary amides is 1. The maximum atomic E-state index is 13.6. The van der Waals surface area contributed by atoms with Gasteiger partial charge in [0.2, 0.25) is 23.9 Å². The Morgan fingerprint density at radius 3 is 2.37 bits per heavy atom. The summed E-state index contributed by atoms with van der Waals surface area (Å²) >= 11 is 0. The summed E-state index contributed by atoms with van der Waals surface area (Å²) in [6.07, 6.45) is -8.18. The van der Waals surface area contributed by atoms with E-state index in [1.165, 1.54) is 0 Å². The monoisotopic (exact) mass is 606 g/mol. The molecule has 2 saturated carbocycles. The Balaban J connectivity index is 1.46. The minimum Gasteiger partial charge on any atom is -0.488 e. The van der Waals surface area contributed by atoms with Crippen LogP contribution in [0.5, 0.6) is 5.75 Å². The van der Waals surface area contributed by atoms with Crippen molar-refractivity contribution in [3.05, 3.63) is 59.7 Å². The number of alkyl halides is 5. The molecule has 43 heavy (non-hydrogen) atoms. The molecule has 2 fully saturated rings. The summed E-state index contributed by atoms with van der Waals surface area (Å²) in [7, 11) is 0. The fourth-order valence-electron chi connectivity index (χ4n) is 5.56. The second kappa shape index (κ2) is 11.9. The van der Waals surface area contributed by atoms with Crippen molar-refractivity contribution in [2.45, 2.75) is 69.3 Å². The molecule has 5 rings (SSSR count). The first kappa shape index (κ1) is 30.4. The fraction of sp³-hybridized carbons (Fsp3) is 0.467. The molecule has 8 nitrogen and oxygen atoms in total. The van der Waals surface area contributed by atoms with Gasteiger partial charge in [0.25, 0.3) is 5.91 Å². The van der Waals surface area contributed by atoms with E-state index in [9.17, 15) is 36.3 Å². The van der Waals surface area contributed by atoms with E-state index in [4.69, 9.17) is 10.5 Å². The van der Waals surface area contributed by atoms with Crippen LogP contribution in [0.1, 0.15) is 56.1 Å². The number of halogens is 5. The summed E-state index contributed by atoms with van der Waals surface area (Å²) < 4.78 is 72.6. The molecule has 0 radical (unpaired) electrons. The molecule has 3 amide bonds. The van der Waals surface area contributed by atoms with Crippen molar-refractivity contribution in [3.63, 3.8) is 0 Å². The highest BCUT2D eigenvalue weighted by molar-refractivity contribution is 6.20. The maximum absolute atomic E-state index is 13.6. The fourth-order valence-corrected chi connectivity index (χ4v) is 5.56. The third-order valence-electron chi connectivity index (χ3n) is 7.87. The van der Waals surface area contributed by atoms with E-state index in [0.29, 0.717) is 28.3 Å². The smallest absolute Gasteiger partial charge is 0.389 e. The van der Waals surface area contributed by atoms with Crippen LogP contribution in [0.15, 0.2) is 53.5 Å². The molecule has 4 N–H and O–H groups in total. The summed E-state index contributed by atoms with van der Waals surface area (Å²) in [6, 6.07) is 13.9. The van der Waals surface area contributed by atoms with Gasteiger partial charge in [0.05, 0.1) is 17.5 Å². The van der Waals surface area contributed by atoms with Crippen LogP contribution in [0.2, 0.25) is 0 Å². The number of rotatable bonds is 11. The summed E-state index contributed by atoms with van der Waals surface area (Å²) in [5.41, 5.74) is 7.24. The minimum absolute atomic E-state index is 0.00462. The van der Waals surface area contributed by atoms with Crippen molar-refractivity contribution in [2.75, 3.05) is 5.32 Å². The molecule has 0 aromatic heterocycles. The van der Waals surface area contributed by atoms with E-state index in [0.717, 1.165) is 12.8 Å². The Bertz CT molecular complexity index is 1400. The maximum Gasteiger partial charge on any atom is 0.389 e. The van der Waals surface area contributed by atoms with Crippen LogP contribution in [0, 0.1) is 17.8 Å². The number of carbonyl (C=O) groups is 3. The number of fused-ring (bicyclic) bond motifs is 1. The molecular weight excluding hydrogens is 575 g/mol. The van der Waals surface area contributed by atoms with Crippen LogP contribution in [0.25, 0.3) is 0 Å². The number of hydrogen-bond donors (Lipinski definition) is 3. The number of amides is 3. The molecule has 2 aromatic rings. The number of aliphatic imine (C=N–C) groups is 1. The zero-order valence-corrected chi connectivity index (χ0v) is 23.0. The van der Waals surface area contributed by atoms with Crippen LogP contribution in [-0.4, -0.2) is 47.8 Å². The van der Waals surface area contributed by atoms with Gasteiger partial charge >= 0.3 is 6.18 Å². The normalized spacial score (nSPS) is 21.3. The predicted octanol–water partition coefficient (Wildman–Crippen LogP) is 4.96. The molecular formula is C30H31F5N4O4. The van der Waals surface area contributed by atoms with Crippen LogP contribution in [0.3, 0.4) is 0 Å². The Kier molecular flexibility index (Phi) is 8.44. The second-order valence-corrected chi connectivity index (χ2v) is 11.4. The predicted molar refractivity (Wildman–Crippen MR) is 146 cm³/mol. The molecule has 2 aromatic carbocycles. The van der Waals surface area contributed by atoms with E-state index in [1.54, 1.807) is 48.5 Å². The van der Waals surface area contributed by atoms with E-state index in [1.807, 2.05) is 0 Å². The summed E-state index contributed by atoms with van der Waals surface area (Å²) in [4.78, 5) is 43.9. The van der Waals surface area contributed by atoms with Crippen molar-refractivity contribution < 1.29 is 41.1 Å². The van der Waals surface area contributed by atoms with Gasteiger partial charge in [-0.15, -0.1) is 0 Å². The molecule has 0 saturated heterocycles. The molecule has 3 aliphatic rings. The van der Waals surface area contributed by atoms with Crippen molar-refractivity contribution in [3.8, 4) is 5.75 Å². The standard InChI is InChI=1S/C30H31F5N4O4/c31-29(32)14-16(15-29)13-21(25(36)40)19(11-12-30(33,34)35)27(41)39-26-28(42)38-24-20(7-4-8-22(24)43-18-9-10-18)23(37-26)17-5-2-1-3-6-17/h1-8,16,18-19,21,26H,9-15H2,(H2,36,40)(H,38,42)(H,39,41)/t19?,21?,26-/m1/s1. The average Bonchev–Trinajstić information content (AvgIpc) is 3.75. The highest BCUT2D eigenvalue weighted by atomic mass is 19.4. The number of hydrogen-bond acceptors (Lipinski definition) is 5. The molecule has 230 valence electrons. The number of benzene rings is 2. The Hall–Kier alpha value is -4.03. The zero-order valence-electron chi connectivity index (χ0n) is 23.0. The number of benzodiazepines with no additional fused rings is 1. The lowest BCUT2D eigenvalue weighted by Crippen LogP contribution is -2.49. The topological polar surface area (TPSA) is 123 Å². The van der Waals surface area contributed by atoms with Crippen LogP contribution < -0.4 is 21.1 Å². The number of nitrogens with two attached hydrogens (primary N) is 1. The number of anilines is 1. The number of ether oxygens (including phenoxy) is 1. The van der Waals surface area contributed by atoms with E-state index < -0.39 is 79.4 Å². The third-order valence-corrected chi connectivity index (χ3v) is 7.87. The van der Waals surface area contributed by atoms with E-state index in [-0.39, 0.29) is 12.5 Å². The molecule has 2 aliphatic carbocycles. The van der Waals surface area contributed by atoms with Crippen molar-refractivity contribution in [1.29, 1.82) is 0 Å². The molecule has 13 heteroatoms. The summed E-state index contributed by atoms with van der Waals surface area (Å²) in [5.74, 6) is -9.22. The van der Waals surface area contributed by atoms with Gasteiger partial charge in [-0.05, 0) is 37.7 Å². The number of nitrogens with one attached hydrogen (secondary N) is 2. The number of nitrogens with zero attached hydrogens (tertiary/aromatic N) is 1. The largest absolute Gasteiger partial charge is 0.488 e. The SMILES string of the molecule is NC(=O)C(CC1CC(F)(F)C1)C(CCC(F)(F)F)C(=O)N[C@H]1N=C(c2ccccc2)c2cccc(OC3CC3)c2NC1=O. The lowest BCUT2D eigenvalue weighted by atomic mass is 9.72. The first-order valence-electron chi connectivity index (χ1n) is 14.1. The van der Waals surface area contributed by atoms with Gasteiger partial charge in [0.15, 0.2) is 0 Å². The van der Waals surface area contributed by atoms with Crippen molar-refractivity contribution >= 4 is 29.1 Å². The zero-order chi connectivity index (χ0) is 30.9. The molecule has 1 heterocycles. The highest BCUT2D eigenvalue weighted by Gasteiger charge is 2.48. The minimum atomic E-state index is -4.66. The van der Waals surface area contributed by atoms with Crippen molar-refractivity contribution in [2.24, 2.45) is 28.5 Å². The number of para-hydroxylation sites is 1. The van der Waals surface area contributed by atoms with Gasteiger partial charge in [-0.25, -0.2) is 13.8 Å². The van der Waals surface area contributed by atoms with Gasteiger partial charge in [-0.1, -0.05) is 42.5 Å².